The van der Waals surface area contributed by atoms with E-state index in [0.29, 0.717) is 5.41 Å². The molecular formula is C15H33N3. The van der Waals surface area contributed by atoms with Gasteiger partial charge in [0, 0.05) is 13.1 Å². The predicted molar refractivity (Wildman–Crippen MR) is 79.8 cm³/mol. The quantitative estimate of drug-likeness (QED) is 0.720. The summed E-state index contributed by atoms with van der Waals surface area (Å²) in [5.74, 6) is 0.886. The average Bonchev–Trinajstić information content (AvgIpc) is 2.63. The minimum Gasteiger partial charge on any atom is -0.330 e. The number of nitrogens with zero attached hydrogens (tertiary/aromatic N) is 2. The lowest BCUT2D eigenvalue weighted by atomic mass is 9.84. The Hall–Kier alpha value is -0.120. The third-order valence-electron chi connectivity index (χ3n) is 4.27. The van der Waals surface area contributed by atoms with Gasteiger partial charge in [0.25, 0.3) is 0 Å². The summed E-state index contributed by atoms with van der Waals surface area (Å²) in [4.78, 5) is 4.96. The lowest BCUT2D eigenvalue weighted by molar-refractivity contribution is 0.239. The number of nitrogens with two attached hydrogens (primary N) is 1. The molecule has 0 bridgehead atoms. The van der Waals surface area contributed by atoms with E-state index in [0.717, 1.165) is 18.9 Å². The van der Waals surface area contributed by atoms with E-state index in [2.05, 4.69) is 37.7 Å². The van der Waals surface area contributed by atoms with Gasteiger partial charge in [-0.2, -0.15) is 0 Å². The SMILES string of the molecule is CN(CCCC(C)(C)CCN)CC1CCN(C)C1. The van der Waals surface area contributed by atoms with Crippen LogP contribution in [0, 0.1) is 11.3 Å². The zero-order chi connectivity index (χ0) is 13.6. The second-order valence-electron chi connectivity index (χ2n) is 6.99. The van der Waals surface area contributed by atoms with Crippen molar-refractivity contribution in [1.82, 2.24) is 9.80 Å². The van der Waals surface area contributed by atoms with Crippen molar-refractivity contribution in [3.8, 4) is 0 Å². The molecule has 2 N–H and O–H groups in total. The van der Waals surface area contributed by atoms with Gasteiger partial charge in [-0.05, 0) is 70.7 Å². The fraction of sp³-hybridized carbons (Fsp3) is 1.00. The number of hydrogen-bond donors (Lipinski definition) is 1. The summed E-state index contributed by atoms with van der Waals surface area (Å²) in [6, 6.07) is 0. The Kier molecular flexibility index (Phi) is 6.61. The van der Waals surface area contributed by atoms with E-state index in [1.165, 1.54) is 45.4 Å². The van der Waals surface area contributed by atoms with Gasteiger partial charge in [-0.25, -0.2) is 0 Å². The normalized spacial score (nSPS) is 22.0. The number of hydrogen-bond acceptors (Lipinski definition) is 3. The van der Waals surface area contributed by atoms with Crippen LogP contribution in [0.1, 0.15) is 39.5 Å². The highest BCUT2D eigenvalue weighted by atomic mass is 15.1. The molecule has 1 rings (SSSR count). The molecule has 1 aliphatic rings. The van der Waals surface area contributed by atoms with Gasteiger partial charge < -0.3 is 15.5 Å². The Morgan fingerprint density at radius 1 is 1.33 bits per heavy atom. The topological polar surface area (TPSA) is 32.5 Å². The maximum absolute atomic E-state index is 5.65. The van der Waals surface area contributed by atoms with Gasteiger partial charge in [-0.1, -0.05) is 13.8 Å². The molecule has 3 nitrogen and oxygen atoms in total. The van der Waals surface area contributed by atoms with Crippen LogP contribution < -0.4 is 5.73 Å². The molecule has 0 aromatic rings. The molecule has 0 spiro atoms. The second-order valence-corrected chi connectivity index (χ2v) is 6.99. The monoisotopic (exact) mass is 255 g/mol. The maximum atomic E-state index is 5.65. The van der Waals surface area contributed by atoms with Gasteiger partial charge in [-0.3, -0.25) is 0 Å². The average molecular weight is 255 g/mol. The third kappa shape index (κ3) is 6.17. The first kappa shape index (κ1) is 15.9. The van der Waals surface area contributed by atoms with E-state index >= 15 is 0 Å². The second kappa shape index (κ2) is 7.46. The van der Waals surface area contributed by atoms with E-state index in [4.69, 9.17) is 5.73 Å². The summed E-state index contributed by atoms with van der Waals surface area (Å²) in [7, 11) is 4.50. The Morgan fingerprint density at radius 3 is 2.61 bits per heavy atom. The Balaban J connectivity index is 2.11. The largest absolute Gasteiger partial charge is 0.330 e. The van der Waals surface area contributed by atoms with E-state index in [1.54, 1.807) is 0 Å². The Labute approximate surface area is 114 Å². The summed E-state index contributed by atoms with van der Waals surface area (Å²) < 4.78 is 0. The summed E-state index contributed by atoms with van der Waals surface area (Å²) in [6.07, 6.45) is 5.11. The fourth-order valence-electron chi connectivity index (χ4n) is 3.05. The molecule has 3 heteroatoms. The molecule has 1 saturated heterocycles. The van der Waals surface area contributed by atoms with Crippen molar-refractivity contribution in [2.45, 2.75) is 39.5 Å². The molecule has 0 saturated carbocycles. The van der Waals surface area contributed by atoms with Crippen LogP contribution in [0.25, 0.3) is 0 Å². The van der Waals surface area contributed by atoms with E-state index in [9.17, 15) is 0 Å². The lowest BCUT2D eigenvalue weighted by Gasteiger charge is -2.26. The van der Waals surface area contributed by atoms with Crippen LogP contribution in [0.4, 0.5) is 0 Å². The van der Waals surface area contributed by atoms with Crippen LogP contribution in [-0.4, -0.2) is 56.6 Å². The van der Waals surface area contributed by atoms with Crippen LogP contribution >= 0.6 is 0 Å². The van der Waals surface area contributed by atoms with Crippen LogP contribution in [0.3, 0.4) is 0 Å². The highest BCUT2D eigenvalue weighted by molar-refractivity contribution is 4.76. The number of likely N-dealkylation sites (tertiary alicyclic amines) is 1. The fourth-order valence-corrected chi connectivity index (χ4v) is 3.05. The smallest absolute Gasteiger partial charge is 0.00193 e. The van der Waals surface area contributed by atoms with E-state index in [1.807, 2.05) is 0 Å². The highest BCUT2D eigenvalue weighted by Gasteiger charge is 2.21. The van der Waals surface area contributed by atoms with Crippen LogP contribution in [0.5, 0.6) is 0 Å². The molecule has 1 atom stereocenters. The third-order valence-corrected chi connectivity index (χ3v) is 4.27. The molecule has 1 fully saturated rings. The predicted octanol–water partition coefficient (Wildman–Crippen LogP) is 2.03. The molecule has 1 heterocycles. The van der Waals surface area contributed by atoms with E-state index in [-0.39, 0.29) is 0 Å². The van der Waals surface area contributed by atoms with Gasteiger partial charge in [-0.15, -0.1) is 0 Å². The zero-order valence-corrected chi connectivity index (χ0v) is 12.9. The minimum absolute atomic E-state index is 0.420. The van der Waals surface area contributed by atoms with Crippen LogP contribution in [0.15, 0.2) is 0 Å². The maximum Gasteiger partial charge on any atom is 0.00193 e. The summed E-state index contributed by atoms with van der Waals surface area (Å²) in [5.41, 5.74) is 6.07. The van der Waals surface area contributed by atoms with Gasteiger partial charge in [0.1, 0.15) is 0 Å². The first-order valence-corrected chi connectivity index (χ1v) is 7.50. The molecule has 0 aliphatic carbocycles. The zero-order valence-electron chi connectivity index (χ0n) is 12.9. The van der Waals surface area contributed by atoms with Crippen molar-refractivity contribution in [2.75, 3.05) is 46.8 Å². The Morgan fingerprint density at radius 2 is 2.06 bits per heavy atom. The van der Waals surface area contributed by atoms with Gasteiger partial charge in [0.05, 0.1) is 0 Å². The molecule has 0 aromatic carbocycles. The standard InChI is InChI=1S/C15H33N3/c1-15(2,8-9-16)7-5-10-17(3)12-14-6-11-18(4)13-14/h14H,5-13,16H2,1-4H3. The van der Waals surface area contributed by atoms with Crippen molar-refractivity contribution in [2.24, 2.45) is 17.1 Å². The molecule has 0 radical (unpaired) electrons. The first-order valence-electron chi connectivity index (χ1n) is 7.50. The Bertz CT molecular complexity index is 228. The molecular weight excluding hydrogens is 222 g/mol. The van der Waals surface area contributed by atoms with Crippen molar-refractivity contribution in [1.29, 1.82) is 0 Å². The van der Waals surface area contributed by atoms with Crippen LogP contribution in [-0.2, 0) is 0 Å². The summed E-state index contributed by atoms with van der Waals surface area (Å²) in [6.45, 7) is 10.6. The summed E-state index contributed by atoms with van der Waals surface area (Å²) >= 11 is 0. The molecule has 1 unspecified atom stereocenters. The van der Waals surface area contributed by atoms with Crippen molar-refractivity contribution in [3.63, 3.8) is 0 Å². The minimum atomic E-state index is 0.420. The van der Waals surface area contributed by atoms with Crippen molar-refractivity contribution < 1.29 is 0 Å². The highest BCUT2D eigenvalue weighted by Crippen LogP contribution is 2.26. The first-order chi connectivity index (χ1) is 8.43. The molecule has 1 aliphatic heterocycles. The van der Waals surface area contributed by atoms with Crippen molar-refractivity contribution >= 4 is 0 Å². The molecule has 0 amide bonds. The number of rotatable bonds is 8. The molecule has 108 valence electrons. The van der Waals surface area contributed by atoms with E-state index < -0.39 is 0 Å². The van der Waals surface area contributed by atoms with Gasteiger partial charge >= 0.3 is 0 Å². The lowest BCUT2D eigenvalue weighted by Crippen LogP contribution is -2.29. The van der Waals surface area contributed by atoms with Crippen molar-refractivity contribution in [3.05, 3.63) is 0 Å². The van der Waals surface area contributed by atoms with Crippen LogP contribution in [0.2, 0.25) is 0 Å². The molecule has 0 aromatic heterocycles. The summed E-state index contributed by atoms with van der Waals surface area (Å²) in [5, 5.41) is 0. The van der Waals surface area contributed by atoms with Gasteiger partial charge in [0.15, 0.2) is 0 Å². The van der Waals surface area contributed by atoms with Gasteiger partial charge in [0.2, 0.25) is 0 Å². The molecule has 18 heavy (non-hydrogen) atoms.